The van der Waals surface area contributed by atoms with Gasteiger partial charge in [-0.1, -0.05) is 0 Å². The molecule has 1 aromatic rings. The predicted octanol–water partition coefficient (Wildman–Crippen LogP) is 2.67. The third kappa shape index (κ3) is 4.42. The summed E-state index contributed by atoms with van der Waals surface area (Å²) in [5.74, 6) is 0.278. The summed E-state index contributed by atoms with van der Waals surface area (Å²) in [6.45, 7) is -0.426. The zero-order valence-electron chi connectivity index (χ0n) is 9.71. The predicted molar refractivity (Wildman–Crippen MR) is 61.3 cm³/mol. The number of alkyl halides is 3. The summed E-state index contributed by atoms with van der Waals surface area (Å²) in [7, 11) is 3.65. The fraction of sp³-hybridized carbons (Fsp3) is 0.455. The Kier molecular flexibility index (Phi) is 4.09. The number of halogens is 3. The molecule has 0 aromatic heterocycles. The Balaban J connectivity index is 2.67. The van der Waals surface area contributed by atoms with E-state index >= 15 is 0 Å². The monoisotopic (exact) mass is 248 g/mol. The van der Waals surface area contributed by atoms with Crippen molar-refractivity contribution in [1.82, 2.24) is 0 Å². The molecule has 0 spiro atoms. The molecular weight excluding hydrogens is 233 g/mol. The SMILES string of the molecule is CN(C)c1ccc(N)c(OCCC(F)(F)F)c1. The van der Waals surface area contributed by atoms with Gasteiger partial charge in [0.1, 0.15) is 5.75 Å². The molecule has 0 saturated carbocycles. The first-order valence-corrected chi connectivity index (χ1v) is 5.06. The molecule has 0 aliphatic heterocycles. The molecule has 0 saturated heterocycles. The van der Waals surface area contributed by atoms with Crippen LogP contribution in [-0.4, -0.2) is 26.9 Å². The van der Waals surface area contributed by atoms with Crippen molar-refractivity contribution in [2.24, 2.45) is 0 Å². The van der Waals surface area contributed by atoms with Gasteiger partial charge in [0.25, 0.3) is 0 Å². The summed E-state index contributed by atoms with van der Waals surface area (Å²) in [6.07, 6.45) is -5.20. The summed E-state index contributed by atoms with van der Waals surface area (Å²) >= 11 is 0. The van der Waals surface area contributed by atoms with E-state index in [2.05, 4.69) is 0 Å². The summed E-state index contributed by atoms with van der Waals surface area (Å²) < 4.78 is 40.9. The van der Waals surface area contributed by atoms with Gasteiger partial charge in [0.15, 0.2) is 0 Å². The lowest BCUT2D eigenvalue weighted by atomic mass is 10.2. The standard InChI is InChI=1S/C11H15F3N2O/c1-16(2)8-3-4-9(15)10(7-8)17-6-5-11(12,13)14/h3-4,7H,5-6,15H2,1-2H3. The van der Waals surface area contributed by atoms with Gasteiger partial charge >= 0.3 is 6.18 Å². The first-order valence-electron chi connectivity index (χ1n) is 5.06. The van der Waals surface area contributed by atoms with Crippen LogP contribution in [0.4, 0.5) is 24.5 Å². The lowest BCUT2D eigenvalue weighted by molar-refractivity contribution is -0.139. The number of anilines is 2. The fourth-order valence-electron chi connectivity index (χ4n) is 1.20. The van der Waals surface area contributed by atoms with Crippen molar-refractivity contribution in [3.8, 4) is 5.75 Å². The number of benzene rings is 1. The highest BCUT2D eigenvalue weighted by Gasteiger charge is 2.26. The second-order valence-electron chi connectivity index (χ2n) is 3.83. The quantitative estimate of drug-likeness (QED) is 0.832. The molecule has 6 heteroatoms. The molecule has 0 aliphatic carbocycles. The lowest BCUT2D eigenvalue weighted by Crippen LogP contribution is -2.14. The molecule has 1 rings (SSSR count). The highest BCUT2D eigenvalue weighted by molar-refractivity contribution is 5.61. The molecule has 17 heavy (non-hydrogen) atoms. The Bertz CT molecular complexity index is 377. The van der Waals surface area contributed by atoms with Gasteiger partial charge in [-0.25, -0.2) is 0 Å². The second-order valence-corrected chi connectivity index (χ2v) is 3.83. The van der Waals surface area contributed by atoms with Gasteiger partial charge in [0.2, 0.25) is 0 Å². The van der Waals surface area contributed by atoms with Gasteiger partial charge in [0.05, 0.1) is 18.7 Å². The highest BCUT2D eigenvalue weighted by Crippen LogP contribution is 2.28. The van der Waals surface area contributed by atoms with Crippen molar-refractivity contribution in [1.29, 1.82) is 0 Å². The molecule has 0 heterocycles. The maximum absolute atomic E-state index is 11.9. The van der Waals surface area contributed by atoms with Crippen LogP contribution in [0.15, 0.2) is 18.2 Å². The van der Waals surface area contributed by atoms with E-state index in [0.29, 0.717) is 5.69 Å². The van der Waals surface area contributed by atoms with Crippen molar-refractivity contribution < 1.29 is 17.9 Å². The Hall–Kier alpha value is -1.59. The lowest BCUT2D eigenvalue weighted by Gasteiger charge is -2.16. The first-order chi connectivity index (χ1) is 7.79. The molecule has 1 aromatic carbocycles. The molecule has 0 bridgehead atoms. The van der Waals surface area contributed by atoms with E-state index in [1.807, 2.05) is 19.0 Å². The van der Waals surface area contributed by atoms with Gasteiger partial charge in [-0.15, -0.1) is 0 Å². The van der Waals surface area contributed by atoms with E-state index in [-0.39, 0.29) is 5.75 Å². The minimum absolute atomic E-state index is 0.278. The molecule has 3 nitrogen and oxygen atoms in total. The molecule has 0 fully saturated rings. The zero-order valence-corrected chi connectivity index (χ0v) is 9.71. The van der Waals surface area contributed by atoms with Gasteiger partial charge in [0, 0.05) is 25.8 Å². The summed E-state index contributed by atoms with van der Waals surface area (Å²) in [5, 5.41) is 0. The topological polar surface area (TPSA) is 38.5 Å². The Morgan fingerprint density at radius 2 is 1.94 bits per heavy atom. The number of nitrogen functional groups attached to an aromatic ring is 1. The fourth-order valence-corrected chi connectivity index (χ4v) is 1.20. The average molecular weight is 248 g/mol. The van der Waals surface area contributed by atoms with Crippen LogP contribution in [0.2, 0.25) is 0 Å². The summed E-state index contributed by atoms with van der Waals surface area (Å²) in [6, 6.07) is 5.00. The average Bonchev–Trinajstić information content (AvgIpc) is 2.18. The van der Waals surface area contributed by atoms with E-state index < -0.39 is 19.2 Å². The van der Waals surface area contributed by atoms with Gasteiger partial charge in [-0.3, -0.25) is 0 Å². The van der Waals surface area contributed by atoms with Crippen LogP contribution < -0.4 is 15.4 Å². The van der Waals surface area contributed by atoms with Gasteiger partial charge in [-0.2, -0.15) is 13.2 Å². The smallest absolute Gasteiger partial charge is 0.392 e. The third-order valence-electron chi connectivity index (χ3n) is 2.16. The van der Waals surface area contributed by atoms with Crippen molar-refractivity contribution in [3.05, 3.63) is 18.2 Å². The van der Waals surface area contributed by atoms with E-state index in [0.717, 1.165) is 5.69 Å². The second kappa shape index (κ2) is 5.16. The number of nitrogens with two attached hydrogens (primary N) is 1. The van der Waals surface area contributed by atoms with Crippen molar-refractivity contribution >= 4 is 11.4 Å². The Labute approximate surface area is 98.0 Å². The number of ether oxygens (including phenoxy) is 1. The summed E-state index contributed by atoms with van der Waals surface area (Å²) in [5.41, 5.74) is 6.77. The molecule has 0 atom stereocenters. The van der Waals surface area contributed by atoms with Crippen molar-refractivity contribution in [2.75, 3.05) is 31.3 Å². The minimum Gasteiger partial charge on any atom is -0.491 e. The first kappa shape index (κ1) is 13.5. The minimum atomic E-state index is -4.21. The maximum atomic E-state index is 11.9. The molecule has 96 valence electrons. The Morgan fingerprint density at radius 3 is 2.47 bits per heavy atom. The molecular formula is C11H15F3N2O. The largest absolute Gasteiger partial charge is 0.491 e. The zero-order chi connectivity index (χ0) is 13.1. The molecule has 2 N–H and O–H groups in total. The number of hydrogen-bond acceptors (Lipinski definition) is 3. The molecule has 0 unspecified atom stereocenters. The maximum Gasteiger partial charge on any atom is 0.392 e. The molecule has 0 radical (unpaired) electrons. The van der Waals surface area contributed by atoms with E-state index in [4.69, 9.17) is 10.5 Å². The van der Waals surface area contributed by atoms with Gasteiger partial charge in [-0.05, 0) is 12.1 Å². The Morgan fingerprint density at radius 1 is 1.29 bits per heavy atom. The third-order valence-corrected chi connectivity index (χ3v) is 2.16. The van der Waals surface area contributed by atoms with Crippen molar-refractivity contribution in [2.45, 2.75) is 12.6 Å². The van der Waals surface area contributed by atoms with E-state index in [9.17, 15) is 13.2 Å². The molecule has 0 aliphatic rings. The van der Waals surface area contributed by atoms with Crippen LogP contribution in [0.3, 0.4) is 0 Å². The van der Waals surface area contributed by atoms with Crippen LogP contribution >= 0.6 is 0 Å². The number of rotatable bonds is 4. The number of hydrogen-bond donors (Lipinski definition) is 1. The van der Waals surface area contributed by atoms with Crippen LogP contribution in [0.1, 0.15) is 6.42 Å². The van der Waals surface area contributed by atoms with Crippen LogP contribution in [0.5, 0.6) is 5.75 Å². The van der Waals surface area contributed by atoms with Crippen LogP contribution in [-0.2, 0) is 0 Å². The molecule has 0 amide bonds. The van der Waals surface area contributed by atoms with Crippen LogP contribution in [0.25, 0.3) is 0 Å². The normalized spacial score (nSPS) is 11.4. The van der Waals surface area contributed by atoms with Crippen LogP contribution in [0, 0.1) is 0 Å². The summed E-state index contributed by atoms with van der Waals surface area (Å²) in [4.78, 5) is 1.82. The van der Waals surface area contributed by atoms with Gasteiger partial charge < -0.3 is 15.4 Å². The number of nitrogens with zero attached hydrogens (tertiary/aromatic N) is 1. The van der Waals surface area contributed by atoms with Crippen molar-refractivity contribution in [3.63, 3.8) is 0 Å². The highest BCUT2D eigenvalue weighted by atomic mass is 19.4. The van der Waals surface area contributed by atoms with E-state index in [1.54, 1.807) is 18.2 Å². The van der Waals surface area contributed by atoms with E-state index in [1.165, 1.54) is 0 Å².